The molecular weight excluding hydrogens is 285 g/mol. The predicted octanol–water partition coefficient (Wildman–Crippen LogP) is 1.07. The third-order valence-electron chi connectivity index (χ3n) is 2.63. The van der Waals surface area contributed by atoms with E-state index in [0.29, 0.717) is 6.07 Å². The first-order valence-corrected chi connectivity index (χ1v) is 5.91. The van der Waals surface area contributed by atoms with Crippen LogP contribution in [-0.4, -0.2) is 37.5 Å². The van der Waals surface area contributed by atoms with E-state index in [-0.39, 0.29) is 24.6 Å². The Morgan fingerprint density at radius 2 is 2.10 bits per heavy atom. The van der Waals surface area contributed by atoms with Crippen molar-refractivity contribution in [3.05, 3.63) is 33.6 Å². The summed E-state index contributed by atoms with van der Waals surface area (Å²) in [6.07, 6.45) is 0.0680. The number of carbonyl (C=O) groups excluding carboxylic acids is 2. The van der Waals surface area contributed by atoms with Crippen molar-refractivity contribution in [3.8, 4) is 0 Å². The number of nitrogens with zero attached hydrogens (tertiary/aromatic N) is 1. The second kappa shape index (κ2) is 7.17. The molecule has 0 atom stereocenters. The van der Waals surface area contributed by atoms with Crippen molar-refractivity contribution in [1.82, 2.24) is 5.32 Å². The maximum Gasteiger partial charge on any atom is 0.340 e. The minimum atomic E-state index is -1.05. The second-order valence-electron chi connectivity index (χ2n) is 3.95. The quantitative estimate of drug-likeness (QED) is 0.462. The molecule has 0 fully saturated rings. The number of hydrogen-bond donors (Lipinski definition) is 2. The van der Waals surface area contributed by atoms with Crippen LogP contribution in [0.15, 0.2) is 12.1 Å². The molecule has 114 valence electrons. The fourth-order valence-electron chi connectivity index (χ4n) is 1.56. The molecule has 0 aromatic heterocycles. The summed E-state index contributed by atoms with van der Waals surface area (Å²) in [6.45, 7) is 0.0900. The molecule has 0 saturated carbocycles. The van der Waals surface area contributed by atoms with Gasteiger partial charge in [-0.3, -0.25) is 14.9 Å². The summed E-state index contributed by atoms with van der Waals surface area (Å²) in [5.41, 5.74) is -1.02. The fourth-order valence-corrected chi connectivity index (χ4v) is 1.56. The first kappa shape index (κ1) is 16.3. The molecule has 0 bridgehead atoms. The average molecular weight is 299 g/mol. The fraction of sp³-hybridized carbons (Fsp3) is 0.333. The topological polar surface area (TPSA) is 111 Å². The van der Waals surface area contributed by atoms with E-state index in [0.717, 1.165) is 13.2 Å². The highest BCUT2D eigenvalue weighted by Gasteiger charge is 2.22. The van der Waals surface area contributed by atoms with Crippen LogP contribution in [0.25, 0.3) is 0 Å². The van der Waals surface area contributed by atoms with E-state index < -0.39 is 28.0 Å². The zero-order valence-electron chi connectivity index (χ0n) is 11.4. The molecule has 0 radical (unpaired) electrons. The van der Waals surface area contributed by atoms with E-state index >= 15 is 0 Å². The standard InChI is InChI=1S/C12H14FN3O5/c1-14-11(17)3-4-15-9-5-7(12(18)21-2)8(13)6-10(9)16(19)20/h5-6,15H,3-4H2,1-2H3,(H,14,17). The molecule has 0 spiro atoms. The van der Waals surface area contributed by atoms with Crippen molar-refractivity contribution < 1.29 is 23.6 Å². The maximum atomic E-state index is 13.6. The Bertz CT molecular complexity index is 576. The van der Waals surface area contributed by atoms with E-state index in [1.165, 1.54) is 7.05 Å². The van der Waals surface area contributed by atoms with Crippen LogP contribution in [0.2, 0.25) is 0 Å². The monoisotopic (exact) mass is 299 g/mol. The van der Waals surface area contributed by atoms with Crippen LogP contribution in [-0.2, 0) is 9.53 Å². The molecule has 1 aromatic carbocycles. The number of amides is 1. The summed E-state index contributed by atoms with van der Waals surface area (Å²) in [5.74, 6) is -2.26. The normalized spacial score (nSPS) is 9.86. The zero-order chi connectivity index (χ0) is 16.0. The third-order valence-corrected chi connectivity index (χ3v) is 2.63. The molecule has 0 aliphatic heterocycles. The van der Waals surface area contributed by atoms with Crippen LogP contribution in [0.1, 0.15) is 16.8 Å². The van der Waals surface area contributed by atoms with Crippen molar-refractivity contribution in [2.24, 2.45) is 0 Å². The Kier molecular flexibility index (Phi) is 5.58. The van der Waals surface area contributed by atoms with Crippen LogP contribution in [0.5, 0.6) is 0 Å². The number of hydrogen-bond acceptors (Lipinski definition) is 6. The van der Waals surface area contributed by atoms with Gasteiger partial charge in [-0.05, 0) is 6.07 Å². The molecule has 1 aromatic rings. The van der Waals surface area contributed by atoms with Crippen molar-refractivity contribution in [2.45, 2.75) is 6.42 Å². The number of rotatable bonds is 6. The highest BCUT2D eigenvalue weighted by Crippen LogP contribution is 2.28. The minimum Gasteiger partial charge on any atom is -0.465 e. The molecular formula is C12H14FN3O5. The number of ether oxygens (including phenoxy) is 1. The summed E-state index contributed by atoms with van der Waals surface area (Å²) in [4.78, 5) is 32.5. The summed E-state index contributed by atoms with van der Waals surface area (Å²) < 4.78 is 18.0. The number of nitro groups is 1. The lowest BCUT2D eigenvalue weighted by molar-refractivity contribution is -0.384. The van der Waals surface area contributed by atoms with E-state index in [2.05, 4.69) is 15.4 Å². The lowest BCUT2D eigenvalue weighted by Gasteiger charge is -2.09. The number of methoxy groups -OCH3 is 1. The van der Waals surface area contributed by atoms with Gasteiger partial charge in [0.1, 0.15) is 11.5 Å². The largest absolute Gasteiger partial charge is 0.465 e. The van der Waals surface area contributed by atoms with Gasteiger partial charge in [0.25, 0.3) is 5.69 Å². The van der Waals surface area contributed by atoms with Crippen molar-refractivity contribution in [2.75, 3.05) is 26.0 Å². The van der Waals surface area contributed by atoms with Gasteiger partial charge < -0.3 is 15.4 Å². The average Bonchev–Trinajstić information content (AvgIpc) is 2.46. The first-order valence-electron chi connectivity index (χ1n) is 5.91. The molecule has 21 heavy (non-hydrogen) atoms. The van der Waals surface area contributed by atoms with Crippen molar-refractivity contribution >= 4 is 23.3 Å². The number of benzene rings is 1. The Balaban J connectivity index is 3.05. The van der Waals surface area contributed by atoms with E-state index in [9.17, 15) is 24.1 Å². The Morgan fingerprint density at radius 1 is 1.43 bits per heavy atom. The van der Waals surface area contributed by atoms with Crippen LogP contribution in [0, 0.1) is 15.9 Å². The van der Waals surface area contributed by atoms with E-state index in [1.807, 2.05) is 0 Å². The molecule has 0 aliphatic rings. The summed E-state index contributed by atoms with van der Waals surface area (Å²) in [7, 11) is 2.53. The number of esters is 1. The van der Waals surface area contributed by atoms with Crippen LogP contribution in [0.3, 0.4) is 0 Å². The molecule has 0 heterocycles. The molecule has 9 heteroatoms. The second-order valence-corrected chi connectivity index (χ2v) is 3.95. The molecule has 2 N–H and O–H groups in total. The first-order chi connectivity index (χ1) is 9.90. The number of nitrogens with one attached hydrogen (secondary N) is 2. The lowest BCUT2D eigenvalue weighted by Crippen LogP contribution is -2.21. The molecule has 1 amide bonds. The smallest absolute Gasteiger partial charge is 0.340 e. The maximum absolute atomic E-state index is 13.6. The molecule has 8 nitrogen and oxygen atoms in total. The van der Waals surface area contributed by atoms with Gasteiger partial charge in [-0.25, -0.2) is 9.18 Å². The van der Waals surface area contributed by atoms with Gasteiger partial charge in [-0.1, -0.05) is 0 Å². The number of nitro benzene ring substituents is 1. The molecule has 1 rings (SSSR count). The van der Waals surface area contributed by atoms with Gasteiger partial charge in [-0.15, -0.1) is 0 Å². The third kappa shape index (κ3) is 4.13. The molecule has 0 aliphatic carbocycles. The van der Waals surface area contributed by atoms with Gasteiger partial charge in [0.05, 0.1) is 23.7 Å². The SMILES string of the molecule is CNC(=O)CCNc1cc(C(=O)OC)c(F)cc1[N+](=O)[O-]. The molecule has 0 unspecified atom stereocenters. The van der Waals surface area contributed by atoms with E-state index in [4.69, 9.17) is 0 Å². The van der Waals surface area contributed by atoms with Crippen LogP contribution in [0.4, 0.5) is 15.8 Å². The highest BCUT2D eigenvalue weighted by atomic mass is 19.1. The van der Waals surface area contributed by atoms with Gasteiger partial charge in [0, 0.05) is 20.0 Å². The van der Waals surface area contributed by atoms with E-state index in [1.54, 1.807) is 0 Å². The van der Waals surface area contributed by atoms with Gasteiger partial charge in [0.2, 0.25) is 5.91 Å². The number of anilines is 1. The van der Waals surface area contributed by atoms with Gasteiger partial charge >= 0.3 is 5.97 Å². The lowest BCUT2D eigenvalue weighted by atomic mass is 10.1. The number of halogens is 1. The van der Waals surface area contributed by atoms with Gasteiger partial charge in [-0.2, -0.15) is 0 Å². The zero-order valence-corrected chi connectivity index (χ0v) is 11.4. The molecule has 0 saturated heterocycles. The minimum absolute atomic E-state index is 0.0642. The highest BCUT2D eigenvalue weighted by molar-refractivity contribution is 5.92. The summed E-state index contributed by atoms with van der Waals surface area (Å²) in [5, 5.41) is 15.9. The van der Waals surface area contributed by atoms with Crippen molar-refractivity contribution in [1.29, 1.82) is 0 Å². The Hall–Kier alpha value is -2.71. The summed E-state index contributed by atoms with van der Waals surface area (Å²) in [6, 6.07) is 1.62. The van der Waals surface area contributed by atoms with Crippen LogP contribution >= 0.6 is 0 Å². The Labute approximate surface area is 119 Å². The van der Waals surface area contributed by atoms with Gasteiger partial charge in [0.15, 0.2) is 0 Å². The summed E-state index contributed by atoms with van der Waals surface area (Å²) >= 11 is 0. The van der Waals surface area contributed by atoms with Crippen LogP contribution < -0.4 is 10.6 Å². The van der Waals surface area contributed by atoms with Crippen molar-refractivity contribution in [3.63, 3.8) is 0 Å². The predicted molar refractivity (Wildman–Crippen MR) is 71.6 cm³/mol. The number of carbonyl (C=O) groups is 2. The Morgan fingerprint density at radius 3 is 2.62 bits per heavy atom.